The quantitative estimate of drug-likeness (QED) is 0.0894. The second-order valence-corrected chi connectivity index (χ2v) is 16.6. The van der Waals surface area contributed by atoms with Crippen molar-refractivity contribution < 1.29 is 30.0 Å². The van der Waals surface area contributed by atoms with Crippen LogP contribution in [0.25, 0.3) is 52.6 Å². The zero-order valence-electron chi connectivity index (χ0n) is 30.9. The minimum Gasteiger partial charge on any atom is -0.512 e. The molecular formula is C44H50IrNO2S2-. The second kappa shape index (κ2) is 16.0. The Balaban J connectivity index is 0.000000269. The molecule has 265 valence electrons. The molecule has 6 rings (SSSR count). The molecule has 6 aromatic rings. The molecule has 0 bridgehead atoms. The summed E-state index contributed by atoms with van der Waals surface area (Å²) in [4.78, 5) is 18.3. The Morgan fingerprint density at radius 2 is 1.52 bits per heavy atom. The van der Waals surface area contributed by atoms with E-state index in [9.17, 15) is 9.90 Å². The molecule has 0 aliphatic rings. The molecule has 1 N–H and O–H groups in total. The number of hydrogen-bond acceptors (Lipinski definition) is 5. The summed E-state index contributed by atoms with van der Waals surface area (Å²) in [5, 5.41) is 17.2. The number of allylic oxidation sites excluding steroid dienone is 2. The van der Waals surface area contributed by atoms with Crippen molar-refractivity contribution in [3.8, 4) is 21.7 Å². The van der Waals surface area contributed by atoms with Crippen molar-refractivity contribution in [1.82, 2.24) is 4.98 Å². The van der Waals surface area contributed by atoms with Gasteiger partial charge in [0.15, 0.2) is 5.78 Å². The average Bonchev–Trinajstić information content (AvgIpc) is 3.78. The number of aromatic nitrogens is 1. The third-order valence-corrected chi connectivity index (χ3v) is 12.7. The number of aliphatic hydroxyl groups is 1. The van der Waals surface area contributed by atoms with Gasteiger partial charge < -0.3 is 5.11 Å². The fraction of sp³-hybridized carbons (Fsp3) is 0.364. The number of rotatable bonds is 9. The van der Waals surface area contributed by atoms with Gasteiger partial charge in [0.05, 0.1) is 0 Å². The first kappa shape index (κ1) is 39.6. The summed E-state index contributed by atoms with van der Waals surface area (Å²) < 4.78 is 2.61. The molecule has 3 nitrogen and oxygen atoms in total. The molecule has 0 amide bonds. The zero-order chi connectivity index (χ0) is 35.6. The van der Waals surface area contributed by atoms with E-state index in [0.717, 1.165) is 42.3 Å². The summed E-state index contributed by atoms with van der Waals surface area (Å²) >= 11 is 3.65. The van der Waals surface area contributed by atoms with E-state index in [1.807, 2.05) is 70.4 Å². The maximum atomic E-state index is 12.2. The number of benzene rings is 3. The van der Waals surface area contributed by atoms with Crippen LogP contribution in [0.15, 0.2) is 90.1 Å². The van der Waals surface area contributed by atoms with Gasteiger partial charge in [0.1, 0.15) is 5.76 Å². The fourth-order valence-electron chi connectivity index (χ4n) is 6.16. The van der Waals surface area contributed by atoms with Gasteiger partial charge in [0.2, 0.25) is 0 Å². The zero-order valence-corrected chi connectivity index (χ0v) is 34.9. The predicted molar refractivity (Wildman–Crippen MR) is 214 cm³/mol. The molecule has 6 heteroatoms. The number of thiophene rings is 2. The molecule has 0 atom stereocenters. The molecule has 3 aromatic carbocycles. The topological polar surface area (TPSA) is 50.2 Å². The predicted octanol–water partition coefficient (Wildman–Crippen LogP) is 13.7. The number of pyridine rings is 1. The number of carbonyl (C=O) groups is 1. The van der Waals surface area contributed by atoms with Gasteiger partial charge >= 0.3 is 0 Å². The molecule has 0 aliphatic carbocycles. The van der Waals surface area contributed by atoms with Gasteiger partial charge in [0.25, 0.3) is 0 Å². The Morgan fingerprint density at radius 1 is 0.840 bits per heavy atom. The summed E-state index contributed by atoms with van der Waals surface area (Å²) in [5.41, 5.74) is 4.15. The first-order chi connectivity index (χ1) is 23.3. The van der Waals surface area contributed by atoms with E-state index in [0.29, 0.717) is 0 Å². The Morgan fingerprint density at radius 3 is 2.18 bits per heavy atom. The Bertz CT molecular complexity index is 2120. The number of fused-ring (bicyclic) bond motifs is 3. The van der Waals surface area contributed by atoms with Crippen molar-refractivity contribution in [2.75, 3.05) is 0 Å². The van der Waals surface area contributed by atoms with Gasteiger partial charge in [-0.3, -0.25) is 9.78 Å². The van der Waals surface area contributed by atoms with Gasteiger partial charge in [-0.2, -0.15) is 0 Å². The Kier molecular flexibility index (Phi) is 12.7. The average molecular weight is 881 g/mol. The van der Waals surface area contributed by atoms with E-state index in [-0.39, 0.29) is 47.9 Å². The number of carbonyl (C=O) groups excluding carboxylic acids is 1. The van der Waals surface area contributed by atoms with Crippen LogP contribution in [0, 0.1) is 16.9 Å². The van der Waals surface area contributed by atoms with E-state index in [1.165, 1.54) is 47.6 Å². The van der Waals surface area contributed by atoms with Crippen LogP contribution >= 0.6 is 22.7 Å². The molecule has 0 saturated carbocycles. The third kappa shape index (κ3) is 8.00. The van der Waals surface area contributed by atoms with Gasteiger partial charge in [-0.1, -0.05) is 110 Å². The van der Waals surface area contributed by atoms with Crippen LogP contribution in [-0.2, 0) is 30.3 Å². The first-order valence-corrected chi connectivity index (χ1v) is 19.2. The molecule has 1 radical (unpaired) electrons. The Labute approximate surface area is 320 Å². The summed E-state index contributed by atoms with van der Waals surface area (Å²) in [6.45, 7) is 18.9. The van der Waals surface area contributed by atoms with Crippen LogP contribution in [0.5, 0.6) is 0 Å². The largest absolute Gasteiger partial charge is 0.512 e. The van der Waals surface area contributed by atoms with Gasteiger partial charge in [-0.05, 0) is 65.4 Å². The number of aliphatic hydroxyl groups excluding tert-OH is 1. The van der Waals surface area contributed by atoms with E-state index >= 15 is 0 Å². The second-order valence-electron chi connectivity index (χ2n) is 14.6. The van der Waals surface area contributed by atoms with Gasteiger partial charge in [-0.25, -0.2) is 0 Å². The minimum atomic E-state index is -0.337. The normalized spacial score (nSPS) is 12.5. The monoisotopic (exact) mass is 881 g/mol. The summed E-state index contributed by atoms with van der Waals surface area (Å²) in [7, 11) is 0. The molecule has 3 heterocycles. The van der Waals surface area contributed by atoms with Crippen molar-refractivity contribution in [1.29, 1.82) is 0 Å². The van der Waals surface area contributed by atoms with Crippen molar-refractivity contribution in [2.45, 2.75) is 93.4 Å². The molecule has 50 heavy (non-hydrogen) atoms. The summed E-state index contributed by atoms with van der Waals surface area (Å²) in [6.07, 6.45) is 6.69. The fourth-order valence-corrected chi connectivity index (χ4v) is 8.24. The van der Waals surface area contributed by atoms with Crippen LogP contribution < -0.4 is 0 Å². The minimum absolute atomic E-state index is 0. The van der Waals surface area contributed by atoms with Crippen LogP contribution in [-0.4, -0.2) is 15.9 Å². The molecule has 0 spiro atoms. The van der Waals surface area contributed by atoms with Gasteiger partial charge in [-0.15, -0.1) is 51.8 Å². The third-order valence-electron chi connectivity index (χ3n) is 10.6. The molecule has 0 unspecified atom stereocenters. The van der Waals surface area contributed by atoms with Crippen molar-refractivity contribution in [2.24, 2.45) is 10.8 Å². The maximum Gasteiger partial charge on any atom is 0.164 e. The Hall–Kier alpha value is -3.15. The summed E-state index contributed by atoms with van der Waals surface area (Å²) in [6, 6.07) is 27.7. The summed E-state index contributed by atoms with van der Waals surface area (Å²) in [5.74, 6) is 0.286. The van der Waals surface area contributed by atoms with E-state index < -0.39 is 0 Å². The molecule has 3 aromatic heterocycles. The van der Waals surface area contributed by atoms with Crippen LogP contribution in [0.1, 0.15) is 93.6 Å². The van der Waals surface area contributed by atoms with Gasteiger partial charge in [0, 0.05) is 68.7 Å². The van der Waals surface area contributed by atoms with Crippen molar-refractivity contribution >= 4 is 59.4 Å². The van der Waals surface area contributed by atoms with Crippen LogP contribution in [0.2, 0.25) is 0 Å². The molecular weight excluding hydrogens is 831 g/mol. The standard InChI is InChI=1S/C29H22NS2.C15H28O2.Ir/c1-29(2,3)24-16-20(15-19-7-4-5-9-21(19)24)27-23-17-26(32-25(23)11-13-30-27)22-10-6-8-18-12-14-31-28(18)22;1-7-14(5,8-2)12(16)11-13(17)15(6,9-3)10-4;/h4-14,16-17H,1-3H3;11,16H,7-10H2,1-6H3;/q-1;;/b;12-11-;. The van der Waals surface area contributed by atoms with Crippen LogP contribution in [0.3, 0.4) is 0 Å². The SMILES string of the molecule is CC(C)(C)c1cc(-c2nccc3sc(-c4cccc5ccsc45)cc23)[c-]c2ccccc12.CCC(C)(CC)C(=O)/C=C(\O)C(C)(CC)CC.[Ir]. The van der Waals surface area contributed by atoms with E-state index in [1.54, 1.807) is 0 Å². The molecule has 0 fully saturated rings. The van der Waals surface area contributed by atoms with Crippen molar-refractivity contribution in [3.63, 3.8) is 0 Å². The smallest absolute Gasteiger partial charge is 0.164 e. The van der Waals surface area contributed by atoms with Crippen molar-refractivity contribution in [3.05, 3.63) is 102 Å². The molecule has 0 aliphatic heterocycles. The number of ketones is 1. The van der Waals surface area contributed by atoms with E-state index in [4.69, 9.17) is 4.98 Å². The number of hydrogen-bond donors (Lipinski definition) is 1. The van der Waals surface area contributed by atoms with E-state index in [2.05, 4.69) is 98.9 Å². The maximum absolute atomic E-state index is 12.2. The molecule has 0 saturated heterocycles. The number of nitrogens with zero attached hydrogens (tertiary/aromatic N) is 1. The van der Waals surface area contributed by atoms with Crippen LogP contribution in [0.4, 0.5) is 0 Å². The first-order valence-electron chi connectivity index (χ1n) is 17.5.